The molecule has 1 aromatic carbocycles. The van der Waals surface area contributed by atoms with Crippen LogP contribution in [-0.4, -0.2) is 4.98 Å². The zero-order valence-electron chi connectivity index (χ0n) is 7.24. The largest absolute Gasteiger partial charge is 0.264 e. The van der Waals surface area contributed by atoms with Crippen molar-refractivity contribution in [3.05, 3.63) is 52.1 Å². The Bertz CT molecular complexity index is 439. The lowest BCUT2D eigenvalue weighted by atomic mass is 10.1. The number of rotatable bonds is 1. The summed E-state index contributed by atoms with van der Waals surface area (Å²) in [5.41, 5.74) is 2.03. The molecule has 0 unspecified atom stereocenters. The van der Waals surface area contributed by atoms with Gasteiger partial charge in [-0.15, -0.1) is 0 Å². The second-order valence-electron chi connectivity index (χ2n) is 2.86. The molecule has 1 heterocycles. The average Bonchev–Trinajstić information content (AvgIpc) is 2.20. The summed E-state index contributed by atoms with van der Waals surface area (Å²) < 4.78 is 13.8. The van der Waals surface area contributed by atoms with E-state index in [0.29, 0.717) is 0 Å². The zero-order chi connectivity index (χ0) is 9.97. The Morgan fingerprint density at radius 2 is 1.79 bits per heavy atom. The number of hydrogen-bond donors (Lipinski definition) is 0. The fourth-order valence-corrected chi connectivity index (χ4v) is 1.83. The molecule has 3 heteroatoms. The molecule has 0 saturated heterocycles. The summed E-state index contributed by atoms with van der Waals surface area (Å²) in [6, 6.07) is 8.36. The van der Waals surface area contributed by atoms with Gasteiger partial charge in [-0.3, -0.25) is 4.98 Å². The van der Waals surface area contributed by atoms with E-state index in [4.69, 9.17) is 0 Å². The number of halogens is 2. The molecule has 0 aliphatic heterocycles. The standard InChI is InChI=1S/C11H7FIN/c12-9-3-1-8(2-4-9)10-7-14-6-5-11(10)13/h1-7H. The molecule has 0 saturated carbocycles. The predicted molar refractivity (Wildman–Crippen MR) is 62.3 cm³/mol. The van der Waals surface area contributed by atoms with Crippen molar-refractivity contribution in [3.63, 3.8) is 0 Å². The molecule has 0 aliphatic carbocycles. The van der Waals surface area contributed by atoms with Gasteiger partial charge in [0.15, 0.2) is 0 Å². The van der Waals surface area contributed by atoms with Crippen LogP contribution in [0.1, 0.15) is 0 Å². The Labute approximate surface area is 95.1 Å². The lowest BCUT2D eigenvalue weighted by Crippen LogP contribution is -1.84. The van der Waals surface area contributed by atoms with E-state index in [2.05, 4.69) is 27.6 Å². The highest BCUT2D eigenvalue weighted by Crippen LogP contribution is 2.23. The van der Waals surface area contributed by atoms with Gasteiger partial charge in [0.25, 0.3) is 0 Å². The van der Waals surface area contributed by atoms with Gasteiger partial charge < -0.3 is 0 Å². The third-order valence-corrected chi connectivity index (χ3v) is 2.86. The number of benzene rings is 1. The molecule has 0 radical (unpaired) electrons. The van der Waals surface area contributed by atoms with Crippen molar-refractivity contribution < 1.29 is 4.39 Å². The summed E-state index contributed by atoms with van der Waals surface area (Å²) >= 11 is 2.24. The van der Waals surface area contributed by atoms with Gasteiger partial charge in [-0.25, -0.2) is 4.39 Å². The van der Waals surface area contributed by atoms with Gasteiger partial charge in [-0.05, 0) is 46.4 Å². The average molecular weight is 299 g/mol. The molecule has 0 bridgehead atoms. The Morgan fingerprint density at radius 1 is 1.07 bits per heavy atom. The van der Waals surface area contributed by atoms with Gasteiger partial charge >= 0.3 is 0 Å². The normalized spacial score (nSPS) is 10.1. The summed E-state index contributed by atoms with van der Waals surface area (Å²) in [4.78, 5) is 4.05. The molecule has 1 aromatic heterocycles. The highest BCUT2D eigenvalue weighted by atomic mass is 127. The van der Waals surface area contributed by atoms with Crippen molar-refractivity contribution in [1.82, 2.24) is 4.98 Å². The minimum Gasteiger partial charge on any atom is -0.264 e. The molecule has 14 heavy (non-hydrogen) atoms. The van der Waals surface area contributed by atoms with Gasteiger partial charge in [0.05, 0.1) is 0 Å². The summed E-state index contributed by atoms with van der Waals surface area (Å²) in [5, 5.41) is 0. The molecule has 1 nitrogen and oxygen atoms in total. The molecule has 0 N–H and O–H groups in total. The summed E-state index contributed by atoms with van der Waals surface area (Å²) in [7, 11) is 0. The van der Waals surface area contributed by atoms with Gasteiger partial charge in [-0.2, -0.15) is 0 Å². The fourth-order valence-electron chi connectivity index (χ4n) is 1.22. The number of nitrogens with zero attached hydrogens (tertiary/aromatic N) is 1. The second-order valence-corrected chi connectivity index (χ2v) is 4.02. The predicted octanol–water partition coefficient (Wildman–Crippen LogP) is 3.49. The van der Waals surface area contributed by atoms with E-state index in [0.717, 1.165) is 14.7 Å². The maximum Gasteiger partial charge on any atom is 0.123 e. The first-order chi connectivity index (χ1) is 6.77. The third-order valence-electron chi connectivity index (χ3n) is 1.92. The van der Waals surface area contributed by atoms with Crippen LogP contribution < -0.4 is 0 Å². The van der Waals surface area contributed by atoms with Crippen LogP contribution in [0.5, 0.6) is 0 Å². The summed E-state index contributed by atoms with van der Waals surface area (Å²) in [6.07, 6.45) is 3.53. The van der Waals surface area contributed by atoms with Crippen LogP contribution in [0.25, 0.3) is 11.1 Å². The number of hydrogen-bond acceptors (Lipinski definition) is 1. The first-order valence-corrected chi connectivity index (χ1v) is 5.21. The van der Waals surface area contributed by atoms with Crippen LogP contribution in [0.3, 0.4) is 0 Å². The van der Waals surface area contributed by atoms with E-state index < -0.39 is 0 Å². The fraction of sp³-hybridized carbons (Fsp3) is 0. The lowest BCUT2D eigenvalue weighted by Gasteiger charge is -2.02. The molecular formula is C11H7FIN. The van der Waals surface area contributed by atoms with Gasteiger partial charge in [-0.1, -0.05) is 12.1 Å². The third kappa shape index (κ3) is 1.92. The first-order valence-electron chi connectivity index (χ1n) is 4.13. The van der Waals surface area contributed by atoms with E-state index in [1.807, 2.05) is 6.07 Å². The van der Waals surface area contributed by atoms with Crippen molar-refractivity contribution in [1.29, 1.82) is 0 Å². The minimum absolute atomic E-state index is 0.215. The van der Waals surface area contributed by atoms with Gasteiger partial charge in [0, 0.05) is 21.5 Å². The van der Waals surface area contributed by atoms with Crippen LogP contribution in [0.2, 0.25) is 0 Å². The maximum absolute atomic E-state index is 12.7. The van der Waals surface area contributed by atoms with E-state index in [1.165, 1.54) is 12.1 Å². The van der Waals surface area contributed by atoms with Crippen molar-refractivity contribution in [2.45, 2.75) is 0 Å². The molecular weight excluding hydrogens is 292 g/mol. The molecule has 2 rings (SSSR count). The molecule has 0 spiro atoms. The Balaban J connectivity index is 2.50. The van der Waals surface area contributed by atoms with Gasteiger partial charge in [0.2, 0.25) is 0 Å². The van der Waals surface area contributed by atoms with Crippen molar-refractivity contribution in [3.8, 4) is 11.1 Å². The molecule has 0 atom stereocenters. The number of pyridine rings is 1. The SMILES string of the molecule is Fc1ccc(-c2cnccc2I)cc1. The second kappa shape index (κ2) is 4.04. The summed E-state index contributed by atoms with van der Waals surface area (Å²) in [6.45, 7) is 0. The van der Waals surface area contributed by atoms with E-state index in [9.17, 15) is 4.39 Å². The Kier molecular flexibility index (Phi) is 2.77. The Morgan fingerprint density at radius 3 is 2.43 bits per heavy atom. The smallest absolute Gasteiger partial charge is 0.123 e. The number of aromatic nitrogens is 1. The highest BCUT2D eigenvalue weighted by molar-refractivity contribution is 14.1. The van der Waals surface area contributed by atoms with Gasteiger partial charge in [0.1, 0.15) is 5.82 Å². The van der Waals surface area contributed by atoms with Crippen molar-refractivity contribution in [2.75, 3.05) is 0 Å². The van der Waals surface area contributed by atoms with Crippen molar-refractivity contribution >= 4 is 22.6 Å². The molecule has 70 valence electrons. The van der Waals surface area contributed by atoms with Crippen LogP contribution in [0.15, 0.2) is 42.7 Å². The zero-order valence-corrected chi connectivity index (χ0v) is 9.40. The monoisotopic (exact) mass is 299 g/mol. The van der Waals surface area contributed by atoms with E-state index in [-0.39, 0.29) is 5.82 Å². The highest BCUT2D eigenvalue weighted by Gasteiger charge is 2.01. The van der Waals surface area contributed by atoms with Crippen LogP contribution in [0.4, 0.5) is 4.39 Å². The topological polar surface area (TPSA) is 12.9 Å². The maximum atomic E-state index is 12.7. The van der Waals surface area contributed by atoms with E-state index >= 15 is 0 Å². The van der Waals surface area contributed by atoms with Crippen molar-refractivity contribution in [2.24, 2.45) is 0 Å². The minimum atomic E-state index is -0.215. The molecule has 0 aliphatic rings. The van der Waals surface area contributed by atoms with E-state index in [1.54, 1.807) is 24.5 Å². The molecule has 2 aromatic rings. The summed E-state index contributed by atoms with van der Waals surface area (Å²) in [5.74, 6) is -0.215. The van der Waals surface area contributed by atoms with Crippen LogP contribution >= 0.6 is 22.6 Å². The molecule has 0 amide bonds. The first kappa shape index (κ1) is 9.58. The van der Waals surface area contributed by atoms with Crippen LogP contribution in [-0.2, 0) is 0 Å². The quantitative estimate of drug-likeness (QED) is 0.735. The molecule has 0 fully saturated rings. The van der Waals surface area contributed by atoms with Crippen LogP contribution in [0, 0.1) is 9.39 Å². The Hall–Kier alpha value is -0.970. The lowest BCUT2D eigenvalue weighted by molar-refractivity contribution is 0.628.